The van der Waals surface area contributed by atoms with Crippen molar-refractivity contribution in [2.45, 2.75) is 26.2 Å². The second-order valence-electron chi connectivity index (χ2n) is 6.26. The van der Waals surface area contributed by atoms with E-state index in [2.05, 4.69) is 44.7 Å². The van der Waals surface area contributed by atoms with Gasteiger partial charge in [-0.1, -0.05) is 19.1 Å². The smallest absolute Gasteiger partial charge is 0.224 e. The fourth-order valence-corrected chi connectivity index (χ4v) is 3.25. The number of benzene rings is 1. The zero-order valence-corrected chi connectivity index (χ0v) is 16.6. The van der Waals surface area contributed by atoms with Gasteiger partial charge >= 0.3 is 0 Å². The molecular formula is C20H27FN4OS. The van der Waals surface area contributed by atoms with Crippen molar-refractivity contribution in [1.29, 1.82) is 0 Å². The number of hydrogen-bond acceptors (Lipinski definition) is 3. The molecule has 0 aliphatic heterocycles. The summed E-state index contributed by atoms with van der Waals surface area (Å²) in [5, 5.41) is 13.5. The highest BCUT2D eigenvalue weighted by Gasteiger charge is 2.06. The van der Waals surface area contributed by atoms with Gasteiger partial charge in [-0.2, -0.15) is 11.3 Å². The predicted molar refractivity (Wildman–Crippen MR) is 110 cm³/mol. The number of carbonyl (C=O) groups is 1. The van der Waals surface area contributed by atoms with Crippen molar-refractivity contribution in [2.24, 2.45) is 4.99 Å². The van der Waals surface area contributed by atoms with Crippen molar-refractivity contribution >= 4 is 23.2 Å². The summed E-state index contributed by atoms with van der Waals surface area (Å²) in [6.45, 7) is 6.71. The maximum atomic E-state index is 12.9. The van der Waals surface area contributed by atoms with Crippen LogP contribution in [0.15, 0.2) is 46.1 Å². The van der Waals surface area contributed by atoms with Crippen molar-refractivity contribution in [2.75, 3.05) is 26.2 Å². The fourth-order valence-electron chi connectivity index (χ4n) is 2.46. The number of aliphatic imine (C=N–C) groups is 1. The second kappa shape index (κ2) is 11.3. The average molecular weight is 391 g/mol. The van der Waals surface area contributed by atoms with Crippen LogP contribution in [0.2, 0.25) is 0 Å². The van der Waals surface area contributed by atoms with Crippen LogP contribution in [0.5, 0.6) is 0 Å². The molecule has 1 aromatic carbocycles. The van der Waals surface area contributed by atoms with Crippen LogP contribution in [0, 0.1) is 5.82 Å². The number of rotatable bonds is 9. The summed E-state index contributed by atoms with van der Waals surface area (Å²) in [6, 6.07) is 8.10. The number of hydrogen-bond donors (Lipinski definition) is 3. The molecule has 1 amide bonds. The molecule has 1 unspecified atom stereocenters. The number of amides is 1. The van der Waals surface area contributed by atoms with Crippen molar-refractivity contribution in [3.8, 4) is 0 Å². The Kier molecular flexibility index (Phi) is 8.77. The van der Waals surface area contributed by atoms with E-state index < -0.39 is 0 Å². The van der Waals surface area contributed by atoms with Gasteiger partial charge < -0.3 is 16.0 Å². The Morgan fingerprint density at radius 1 is 1.15 bits per heavy atom. The van der Waals surface area contributed by atoms with Crippen LogP contribution >= 0.6 is 11.3 Å². The number of guanidine groups is 1. The Bertz CT molecular complexity index is 716. The second-order valence-corrected chi connectivity index (χ2v) is 7.04. The van der Waals surface area contributed by atoms with Crippen LogP contribution in [0.1, 0.15) is 30.9 Å². The van der Waals surface area contributed by atoms with Crippen LogP contribution in [-0.2, 0) is 11.2 Å². The number of thiophene rings is 1. The number of nitrogens with one attached hydrogen (secondary N) is 3. The van der Waals surface area contributed by atoms with Crippen LogP contribution in [-0.4, -0.2) is 38.0 Å². The van der Waals surface area contributed by atoms with E-state index in [1.54, 1.807) is 23.5 Å². The summed E-state index contributed by atoms with van der Waals surface area (Å²) in [5.41, 5.74) is 2.09. The molecule has 0 radical (unpaired) electrons. The molecule has 1 heterocycles. The minimum Gasteiger partial charge on any atom is -0.357 e. The molecule has 2 aromatic rings. The standard InChI is InChI=1S/C20H27FN4OS/c1-3-22-20(25-13-15(2)17-8-11-27-14-17)24-10-9-23-19(26)12-16-4-6-18(21)7-5-16/h4-8,11,14-15H,3,9-10,12-13H2,1-2H3,(H,23,26)(H2,22,24,25). The highest BCUT2D eigenvalue weighted by Crippen LogP contribution is 2.18. The molecule has 5 nitrogen and oxygen atoms in total. The van der Waals surface area contributed by atoms with Crippen molar-refractivity contribution < 1.29 is 9.18 Å². The molecule has 0 spiro atoms. The molecule has 1 aromatic heterocycles. The van der Waals surface area contributed by atoms with E-state index in [4.69, 9.17) is 0 Å². The van der Waals surface area contributed by atoms with E-state index in [0.29, 0.717) is 25.6 Å². The summed E-state index contributed by atoms with van der Waals surface area (Å²) in [7, 11) is 0. The van der Waals surface area contributed by atoms with Gasteiger partial charge in [0.25, 0.3) is 0 Å². The van der Waals surface area contributed by atoms with E-state index in [1.165, 1.54) is 17.7 Å². The topological polar surface area (TPSA) is 65.5 Å². The first-order chi connectivity index (χ1) is 13.1. The van der Waals surface area contributed by atoms with Gasteiger partial charge in [0, 0.05) is 32.1 Å². The Hall–Kier alpha value is -2.41. The van der Waals surface area contributed by atoms with Gasteiger partial charge in [-0.3, -0.25) is 9.79 Å². The molecule has 0 saturated heterocycles. The van der Waals surface area contributed by atoms with Crippen LogP contribution in [0.25, 0.3) is 0 Å². The normalized spacial score (nSPS) is 12.5. The van der Waals surface area contributed by atoms with Crippen LogP contribution < -0.4 is 16.0 Å². The highest BCUT2D eigenvalue weighted by molar-refractivity contribution is 7.07. The largest absolute Gasteiger partial charge is 0.357 e. The fraction of sp³-hybridized carbons (Fsp3) is 0.400. The van der Waals surface area contributed by atoms with Gasteiger partial charge in [0.2, 0.25) is 5.91 Å². The zero-order chi connectivity index (χ0) is 19.5. The predicted octanol–water partition coefficient (Wildman–Crippen LogP) is 2.90. The van der Waals surface area contributed by atoms with Crippen LogP contribution in [0.3, 0.4) is 0 Å². The molecule has 27 heavy (non-hydrogen) atoms. The van der Waals surface area contributed by atoms with Crippen molar-refractivity contribution in [3.63, 3.8) is 0 Å². The summed E-state index contributed by atoms with van der Waals surface area (Å²) < 4.78 is 12.9. The summed E-state index contributed by atoms with van der Waals surface area (Å²) in [6.07, 6.45) is 0.243. The quantitative estimate of drug-likeness (QED) is 0.350. The van der Waals surface area contributed by atoms with E-state index in [0.717, 1.165) is 18.1 Å². The highest BCUT2D eigenvalue weighted by atomic mass is 32.1. The maximum Gasteiger partial charge on any atom is 0.224 e. The van der Waals surface area contributed by atoms with Crippen molar-refractivity contribution in [3.05, 3.63) is 58.0 Å². The molecule has 146 valence electrons. The number of carbonyl (C=O) groups excluding carboxylic acids is 1. The zero-order valence-electron chi connectivity index (χ0n) is 15.8. The average Bonchev–Trinajstić information content (AvgIpc) is 3.19. The van der Waals surface area contributed by atoms with Gasteiger partial charge in [-0.25, -0.2) is 4.39 Å². The molecule has 0 saturated carbocycles. The number of nitrogens with zero attached hydrogens (tertiary/aromatic N) is 1. The molecular weight excluding hydrogens is 363 g/mol. The van der Waals surface area contributed by atoms with E-state index in [-0.39, 0.29) is 18.1 Å². The maximum absolute atomic E-state index is 12.9. The van der Waals surface area contributed by atoms with E-state index >= 15 is 0 Å². The molecule has 0 aliphatic rings. The lowest BCUT2D eigenvalue weighted by Gasteiger charge is -2.13. The molecule has 0 aliphatic carbocycles. The summed E-state index contributed by atoms with van der Waals surface area (Å²) in [4.78, 5) is 16.5. The van der Waals surface area contributed by atoms with E-state index in [1.807, 2.05) is 6.92 Å². The summed E-state index contributed by atoms with van der Waals surface area (Å²) in [5.74, 6) is 0.720. The SMILES string of the molecule is CCNC(=NCC(C)c1ccsc1)NCCNC(=O)Cc1ccc(F)cc1. The third kappa shape index (κ3) is 7.78. The van der Waals surface area contributed by atoms with Crippen molar-refractivity contribution in [1.82, 2.24) is 16.0 Å². The number of halogens is 1. The lowest BCUT2D eigenvalue weighted by atomic mass is 10.1. The van der Waals surface area contributed by atoms with Gasteiger partial charge in [-0.15, -0.1) is 0 Å². The monoisotopic (exact) mass is 390 g/mol. The molecule has 7 heteroatoms. The summed E-state index contributed by atoms with van der Waals surface area (Å²) >= 11 is 1.69. The molecule has 0 bridgehead atoms. The third-order valence-corrected chi connectivity index (χ3v) is 4.70. The van der Waals surface area contributed by atoms with Gasteiger partial charge in [0.15, 0.2) is 5.96 Å². The first-order valence-corrected chi connectivity index (χ1v) is 10.1. The molecule has 0 fully saturated rings. The lowest BCUT2D eigenvalue weighted by molar-refractivity contribution is -0.120. The minimum atomic E-state index is -0.299. The van der Waals surface area contributed by atoms with E-state index in [9.17, 15) is 9.18 Å². The molecule has 3 N–H and O–H groups in total. The third-order valence-electron chi connectivity index (χ3n) is 4.00. The van der Waals surface area contributed by atoms with Gasteiger partial charge in [0.1, 0.15) is 5.82 Å². The first kappa shape index (κ1) is 20.9. The molecule has 2 rings (SSSR count). The minimum absolute atomic E-state index is 0.0866. The first-order valence-electron chi connectivity index (χ1n) is 9.14. The van der Waals surface area contributed by atoms with Gasteiger partial charge in [-0.05, 0) is 47.0 Å². The Balaban J connectivity index is 1.71. The molecule has 1 atom stereocenters. The Morgan fingerprint density at radius 2 is 1.89 bits per heavy atom. The van der Waals surface area contributed by atoms with Gasteiger partial charge in [0.05, 0.1) is 6.42 Å². The Labute approximate surface area is 164 Å². The van der Waals surface area contributed by atoms with Crippen LogP contribution in [0.4, 0.5) is 4.39 Å². The Morgan fingerprint density at radius 3 is 2.56 bits per heavy atom. The lowest BCUT2D eigenvalue weighted by Crippen LogP contribution is -2.42.